The van der Waals surface area contributed by atoms with E-state index in [9.17, 15) is 24.6 Å². The smallest absolute Gasteiger partial charge is 0.335 e. The Morgan fingerprint density at radius 1 is 0.918 bits per heavy atom. The number of aliphatic carboxylic acids is 1. The number of benzene rings is 1. The van der Waals surface area contributed by atoms with Crippen molar-refractivity contribution in [1.82, 2.24) is 10.2 Å². The lowest BCUT2D eigenvalue weighted by Gasteiger charge is -2.68. The van der Waals surface area contributed by atoms with E-state index < -0.39 is 11.9 Å². The molecule has 4 saturated carbocycles. The second-order valence-corrected chi connectivity index (χ2v) is 17.0. The van der Waals surface area contributed by atoms with Crippen molar-refractivity contribution in [3.63, 3.8) is 0 Å². The van der Waals surface area contributed by atoms with Crippen molar-refractivity contribution < 1.29 is 24.6 Å². The molecule has 4 fully saturated rings. The minimum absolute atomic E-state index is 0.000992. The fraction of sp³-hybridized carbons (Fsp3) is 0.690. The second kappa shape index (κ2) is 14.4. The number of allylic oxidation sites excluding steroid dienone is 3. The summed E-state index contributed by atoms with van der Waals surface area (Å²) >= 11 is 0. The minimum Gasteiger partial charge on any atom is -0.480 e. The lowest BCUT2D eigenvalue weighted by molar-refractivity contribution is -0.181. The monoisotopic (exact) mass is 674 g/mol. The summed E-state index contributed by atoms with van der Waals surface area (Å²) in [6.07, 6.45) is 15.7. The average molecular weight is 675 g/mol. The molecule has 270 valence electrons. The number of carbonyl (C=O) groups is 3. The summed E-state index contributed by atoms with van der Waals surface area (Å²) < 4.78 is 0. The van der Waals surface area contributed by atoms with Gasteiger partial charge < -0.3 is 15.5 Å². The molecule has 1 aromatic rings. The summed E-state index contributed by atoms with van der Waals surface area (Å²) in [5.41, 5.74) is 3.10. The van der Waals surface area contributed by atoms with Crippen molar-refractivity contribution in [1.29, 1.82) is 0 Å². The van der Waals surface area contributed by atoms with Crippen LogP contribution in [-0.4, -0.2) is 59.1 Å². The third kappa shape index (κ3) is 6.54. The molecule has 8 unspecified atom stereocenters. The van der Waals surface area contributed by atoms with Crippen molar-refractivity contribution in [2.24, 2.45) is 51.2 Å². The first-order valence-corrected chi connectivity index (χ1v) is 19.0. The van der Waals surface area contributed by atoms with E-state index in [1.807, 2.05) is 30.9 Å². The molecule has 0 bridgehead atoms. The van der Waals surface area contributed by atoms with Crippen LogP contribution in [-0.2, 0) is 9.59 Å². The molecule has 5 aliphatic carbocycles. The average Bonchev–Trinajstić information content (AvgIpc) is 3.50. The van der Waals surface area contributed by atoms with Gasteiger partial charge in [0.25, 0.3) is 0 Å². The van der Waals surface area contributed by atoms with Crippen LogP contribution in [0.25, 0.3) is 5.57 Å². The largest absolute Gasteiger partial charge is 0.480 e. The Labute approximate surface area is 295 Å². The molecule has 0 aliphatic heterocycles. The standard InChI is InChI=1S/C39H56N2O5.C3H6/c1-6-41(24-33(42)43)23-22-40-35(46)39-18-7-8-30(39)27-13-14-32-37(4,29(27)16-21-39)20-17-31-36(2,3)28(15-19-38(31,32)5)25-9-11-26(12-10-25)34(44)45;1-3-2/h9-12,15,27,29-32H,6-8,13-14,16-24H2,1-5H3,(H,40,46)(H,42,43)(H,44,45);3H,1H2,2H3. The van der Waals surface area contributed by atoms with Crippen molar-refractivity contribution in [2.45, 2.75) is 106 Å². The van der Waals surface area contributed by atoms with E-state index in [4.69, 9.17) is 0 Å². The molecule has 0 heterocycles. The van der Waals surface area contributed by atoms with E-state index in [1.165, 1.54) is 31.3 Å². The first-order valence-electron chi connectivity index (χ1n) is 19.0. The van der Waals surface area contributed by atoms with Gasteiger partial charge in [-0.15, -0.1) is 6.58 Å². The highest BCUT2D eigenvalue weighted by molar-refractivity contribution is 5.88. The Morgan fingerprint density at radius 2 is 1.61 bits per heavy atom. The van der Waals surface area contributed by atoms with Crippen LogP contribution in [0.1, 0.15) is 122 Å². The molecule has 7 nitrogen and oxygen atoms in total. The molecule has 8 atom stereocenters. The number of nitrogens with zero attached hydrogens (tertiary/aromatic N) is 1. The molecule has 5 aliphatic rings. The van der Waals surface area contributed by atoms with E-state index in [0.717, 1.165) is 44.1 Å². The zero-order valence-electron chi connectivity index (χ0n) is 31.0. The zero-order valence-corrected chi connectivity index (χ0v) is 31.0. The maximum absolute atomic E-state index is 14.0. The van der Waals surface area contributed by atoms with E-state index in [-0.39, 0.29) is 34.1 Å². The number of fused-ring (bicyclic) bond motifs is 7. The molecule has 3 N–H and O–H groups in total. The number of hydrogen-bond donors (Lipinski definition) is 3. The number of nitrogens with one attached hydrogen (secondary N) is 1. The van der Waals surface area contributed by atoms with Gasteiger partial charge in [0.05, 0.1) is 17.5 Å². The minimum atomic E-state index is -0.882. The normalized spacial score (nSPS) is 35.7. The molecule has 1 aromatic carbocycles. The summed E-state index contributed by atoms with van der Waals surface area (Å²) in [5.74, 6) is 1.47. The van der Waals surface area contributed by atoms with E-state index in [2.05, 4.69) is 45.7 Å². The summed E-state index contributed by atoms with van der Waals surface area (Å²) in [4.78, 5) is 38.5. The third-order valence-electron chi connectivity index (χ3n) is 14.5. The van der Waals surface area contributed by atoms with Crippen LogP contribution in [0.2, 0.25) is 0 Å². The number of aromatic carboxylic acids is 1. The second-order valence-electron chi connectivity index (χ2n) is 17.0. The van der Waals surface area contributed by atoms with Crippen LogP contribution in [0.5, 0.6) is 0 Å². The van der Waals surface area contributed by atoms with Gasteiger partial charge in [0.2, 0.25) is 5.91 Å². The molecule has 0 aromatic heterocycles. The van der Waals surface area contributed by atoms with E-state index in [1.54, 1.807) is 18.2 Å². The Morgan fingerprint density at radius 3 is 2.24 bits per heavy atom. The topological polar surface area (TPSA) is 107 Å². The van der Waals surface area contributed by atoms with Gasteiger partial charge in [-0.3, -0.25) is 14.5 Å². The summed E-state index contributed by atoms with van der Waals surface area (Å²) in [5, 5.41) is 21.9. The molecule has 6 rings (SSSR count). The number of hydrogen-bond acceptors (Lipinski definition) is 4. The Kier molecular flexibility index (Phi) is 10.9. The lowest BCUT2D eigenvalue weighted by Crippen LogP contribution is -2.62. The number of carbonyl (C=O) groups excluding carboxylic acids is 1. The van der Waals surface area contributed by atoms with Crippen molar-refractivity contribution in [3.8, 4) is 0 Å². The van der Waals surface area contributed by atoms with Gasteiger partial charge in [-0.05, 0) is 140 Å². The zero-order chi connectivity index (χ0) is 35.8. The third-order valence-corrected chi connectivity index (χ3v) is 14.5. The SMILES string of the molecule is C=CC.CCN(CCNC(=O)C12CCCC1C1CCC3C(C)(CCC4C(C)(C)C(c5ccc(C(=O)O)cc5)=CCC43C)C1CC2)CC(=O)O. The summed E-state index contributed by atoms with van der Waals surface area (Å²) in [6.45, 7) is 19.0. The highest BCUT2D eigenvalue weighted by atomic mass is 16.4. The van der Waals surface area contributed by atoms with Gasteiger partial charge in [0.1, 0.15) is 0 Å². The van der Waals surface area contributed by atoms with Gasteiger partial charge in [-0.25, -0.2) is 4.79 Å². The van der Waals surface area contributed by atoms with Crippen LogP contribution in [0.4, 0.5) is 0 Å². The molecule has 7 heteroatoms. The molecular weight excluding hydrogens is 612 g/mol. The predicted molar refractivity (Wildman–Crippen MR) is 196 cm³/mol. The van der Waals surface area contributed by atoms with Crippen LogP contribution >= 0.6 is 0 Å². The van der Waals surface area contributed by atoms with Gasteiger partial charge in [-0.1, -0.05) is 65.3 Å². The quantitative estimate of drug-likeness (QED) is 0.227. The van der Waals surface area contributed by atoms with Gasteiger partial charge >= 0.3 is 11.9 Å². The number of likely N-dealkylation sites (N-methyl/N-ethyl adjacent to an activating group) is 1. The Bertz CT molecular complexity index is 1430. The van der Waals surface area contributed by atoms with Gasteiger partial charge in [0, 0.05) is 13.1 Å². The van der Waals surface area contributed by atoms with Crippen molar-refractivity contribution in [3.05, 3.63) is 54.1 Å². The Hall–Kier alpha value is -2.93. The van der Waals surface area contributed by atoms with Gasteiger partial charge in [-0.2, -0.15) is 0 Å². The van der Waals surface area contributed by atoms with Crippen LogP contribution < -0.4 is 5.32 Å². The summed E-state index contributed by atoms with van der Waals surface area (Å²) in [7, 11) is 0. The van der Waals surface area contributed by atoms with Crippen LogP contribution in [0.3, 0.4) is 0 Å². The van der Waals surface area contributed by atoms with Crippen LogP contribution in [0.15, 0.2) is 43.0 Å². The highest BCUT2D eigenvalue weighted by Crippen LogP contribution is 2.73. The first kappa shape index (κ1) is 37.3. The van der Waals surface area contributed by atoms with Gasteiger partial charge in [0.15, 0.2) is 0 Å². The lowest BCUT2D eigenvalue weighted by atomic mass is 9.36. The maximum Gasteiger partial charge on any atom is 0.335 e. The predicted octanol–water partition coefficient (Wildman–Crippen LogP) is 8.56. The molecule has 0 spiro atoms. The van der Waals surface area contributed by atoms with E-state index in [0.29, 0.717) is 54.8 Å². The number of carboxylic acids is 2. The first-order chi connectivity index (χ1) is 23.2. The van der Waals surface area contributed by atoms with Crippen molar-refractivity contribution in [2.75, 3.05) is 26.2 Å². The number of rotatable bonds is 9. The number of amides is 1. The fourth-order valence-electron chi connectivity index (χ4n) is 12.5. The molecular formula is C42H62N2O5. The molecule has 1 amide bonds. The molecule has 0 saturated heterocycles. The van der Waals surface area contributed by atoms with Crippen molar-refractivity contribution >= 4 is 23.4 Å². The van der Waals surface area contributed by atoms with Crippen LogP contribution in [0, 0.1) is 51.2 Å². The number of carboxylic acid groups (broad SMARTS) is 2. The van der Waals surface area contributed by atoms with E-state index >= 15 is 0 Å². The Balaban J connectivity index is 0.00000151. The summed E-state index contributed by atoms with van der Waals surface area (Å²) in [6, 6.07) is 7.49. The molecule has 0 radical (unpaired) electrons. The highest BCUT2D eigenvalue weighted by Gasteiger charge is 2.66. The maximum atomic E-state index is 14.0. The fourth-order valence-corrected chi connectivity index (χ4v) is 12.5. The molecule has 49 heavy (non-hydrogen) atoms.